The van der Waals surface area contributed by atoms with Crippen molar-refractivity contribution >= 4 is 17.7 Å². The number of hydrogen-bond acceptors (Lipinski definition) is 5. The molecule has 0 aliphatic carbocycles. The van der Waals surface area contributed by atoms with Crippen LogP contribution in [0.25, 0.3) is 0 Å². The fraction of sp³-hybridized carbons (Fsp3) is 0.250. The molecule has 39 heavy (non-hydrogen) atoms. The zero-order chi connectivity index (χ0) is 29.0. The Morgan fingerprint density at radius 1 is 0.590 bits per heavy atom. The lowest BCUT2D eigenvalue weighted by Gasteiger charge is -2.32. The first-order chi connectivity index (χ1) is 18.2. The average molecular weight is 552 g/mol. The summed E-state index contributed by atoms with van der Waals surface area (Å²) in [5.41, 5.74) is -1.99. The molecule has 0 radical (unpaired) electrons. The van der Waals surface area contributed by atoms with E-state index in [2.05, 4.69) is 0 Å². The second kappa shape index (κ2) is 11.7. The van der Waals surface area contributed by atoms with E-state index in [0.717, 1.165) is 62.4 Å². The fourth-order valence-electron chi connectivity index (χ4n) is 4.01. The zero-order valence-corrected chi connectivity index (χ0v) is 20.5. The predicted molar refractivity (Wildman–Crippen MR) is 126 cm³/mol. The summed E-state index contributed by atoms with van der Waals surface area (Å²) in [4.78, 5) is 38.1. The lowest BCUT2D eigenvalue weighted by molar-refractivity contribution is -0.158. The van der Waals surface area contributed by atoms with Crippen molar-refractivity contribution in [1.82, 2.24) is 0 Å². The highest BCUT2D eigenvalue weighted by Crippen LogP contribution is 2.42. The topological polar surface area (TPSA) is 69.7 Å². The molecule has 0 amide bonds. The molecule has 3 atom stereocenters. The van der Waals surface area contributed by atoms with Crippen molar-refractivity contribution in [3.63, 3.8) is 0 Å². The van der Waals surface area contributed by atoms with Crippen LogP contribution in [0.2, 0.25) is 0 Å². The highest BCUT2D eigenvalue weighted by atomic mass is 19.4. The van der Waals surface area contributed by atoms with E-state index in [1.807, 2.05) is 0 Å². The zero-order valence-electron chi connectivity index (χ0n) is 20.5. The van der Waals surface area contributed by atoms with Gasteiger partial charge in [-0.1, -0.05) is 54.6 Å². The first-order valence-corrected chi connectivity index (χ1v) is 11.5. The van der Waals surface area contributed by atoms with Crippen molar-refractivity contribution in [1.29, 1.82) is 0 Å². The van der Waals surface area contributed by atoms with E-state index in [1.54, 1.807) is 6.07 Å². The van der Waals surface area contributed by atoms with E-state index in [-0.39, 0.29) is 16.7 Å². The van der Waals surface area contributed by atoms with Gasteiger partial charge in [-0.2, -0.15) is 26.3 Å². The van der Waals surface area contributed by atoms with E-state index >= 15 is 0 Å². The molecular formula is C28H22F6O5. The molecule has 1 unspecified atom stereocenters. The van der Waals surface area contributed by atoms with Gasteiger partial charge in [-0.25, -0.2) is 0 Å². The summed E-state index contributed by atoms with van der Waals surface area (Å²) in [5, 5.41) is 0. The summed E-state index contributed by atoms with van der Waals surface area (Å²) in [6, 6.07) is 14.5. The van der Waals surface area contributed by atoms with Gasteiger partial charge in [0.25, 0.3) is 0 Å². The Morgan fingerprint density at radius 2 is 0.949 bits per heavy atom. The van der Waals surface area contributed by atoms with Crippen LogP contribution >= 0.6 is 0 Å². The fourth-order valence-corrected chi connectivity index (χ4v) is 4.01. The van der Waals surface area contributed by atoms with Gasteiger partial charge in [0.15, 0.2) is 5.78 Å². The van der Waals surface area contributed by atoms with Crippen LogP contribution in [0.3, 0.4) is 0 Å². The Labute approximate surface area is 219 Å². The van der Waals surface area contributed by atoms with Crippen molar-refractivity contribution in [2.45, 2.75) is 38.4 Å². The maximum Gasteiger partial charge on any atom is 0.416 e. The monoisotopic (exact) mass is 552 g/mol. The molecule has 0 fully saturated rings. The van der Waals surface area contributed by atoms with Crippen molar-refractivity contribution in [2.24, 2.45) is 5.92 Å². The number of ketones is 1. The van der Waals surface area contributed by atoms with Crippen LogP contribution in [-0.2, 0) is 31.4 Å². The Balaban J connectivity index is 2.23. The Morgan fingerprint density at radius 3 is 1.26 bits per heavy atom. The van der Waals surface area contributed by atoms with Crippen LogP contribution in [-0.4, -0.2) is 17.7 Å². The summed E-state index contributed by atoms with van der Waals surface area (Å²) >= 11 is 0. The molecule has 0 aromatic heterocycles. The van der Waals surface area contributed by atoms with Gasteiger partial charge in [0.2, 0.25) is 0 Å². The number of rotatable bonds is 8. The second-order valence-corrected chi connectivity index (χ2v) is 8.56. The summed E-state index contributed by atoms with van der Waals surface area (Å²) < 4.78 is 89.9. The molecule has 0 N–H and O–H groups in total. The van der Waals surface area contributed by atoms with Crippen LogP contribution in [0.1, 0.15) is 58.7 Å². The van der Waals surface area contributed by atoms with E-state index in [9.17, 15) is 40.7 Å². The number of hydrogen-bond donors (Lipinski definition) is 0. The molecule has 206 valence electrons. The number of alkyl halides is 6. The second-order valence-electron chi connectivity index (χ2n) is 8.56. The third-order valence-electron chi connectivity index (χ3n) is 5.73. The number of carbonyl (C=O) groups excluding carboxylic acids is 3. The Bertz CT molecular complexity index is 1220. The van der Waals surface area contributed by atoms with Gasteiger partial charge in [-0.15, -0.1) is 0 Å². The molecule has 3 rings (SSSR count). The maximum absolute atomic E-state index is 13.8. The smallest absolute Gasteiger partial charge is 0.416 e. The van der Waals surface area contributed by atoms with E-state index in [0.29, 0.717) is 0 Å². The van der Waals surface area contributed by atoms with Crippen molar-refractivity contribution < 1.29 is 50.2 Å². The number of benzene rings is 3. The minimum Gasteiger partial charge on any atom is -0.457 e. The Hall–Kier alpha value is -4.15. The molecule has 5 nitrogen and oxygen atoms in total. The molecule has 0 spiro atoms. The van der Waals surface area contributed by atoms with Crippen molar-refractivity contribution in [3.8, 4) is 0 Å². The largest absolute Gasteiger partial charge is 0.457 e. The summed E-state index contributed by atoms with van der Waals surface area (Å²) in [6.45, 7) is 2.03. The first kappa shape index (κ1) is 29.4. The van der Waals surface area contributed by atoms with Crippen molar-refractivity contribution in [2.75, 3.05) is 0 Å². The maximum atomic E-state index is 13.8. The number of halogens is 6. The third-order valence-corrected chi connectivity index (χ3v) is 5.73. The molecule has 0 heterocycles. The quantitative estimate of drug-likeness (QED) is 0.169. The van der Waals surface area contributed by atoms with Gasteiger partial charge in [0, 0.05) is 19.4 Å². The number of esters is 2. The van der Waals surface area contributed by atoms with Gasteiger partial charge >= 0.3 is 24.3 Å². The molecule has 0 bridgehead atoms. The molecule has 0 aliphatic heterocycles. The standard InChI is InChI=1S/C28H22F6O5/c1-16(35)38-25(19-8-12-21(13-9-19)27(29,30)31)23(24(37)18-6-4-3-5-7-18)26(39-17(2)36)20-10-14-22(15-11-20)28(32,33)34/h3-15,23,25-26H,1-2H3/t23?,25-,26+. The van der Waals surface area contributed by atoms with Crippen LogP contribution in [0.15, 0.2) is 78.9 Å². The number of ether oxygens (including phenoxy) is 2. The highest BCUT2D eigenvalue weighted by molar-refractivity contribution is 5.99. The minimum atomic E-state index is -4.67. The molecule has 3 aromatic rings. The third kappa shape index (κ3) is 7.46. The summed E-state index contributed by atoms with van der Waals surface area (Å²) in [7, 11) is 0. The number of carbonyl (C=O) groups is 3. The predicted octanol–water partition coefficient (Wildman–Crippen LogP) is 7.13. The lowest BCUT2D eigenvalue weighted by Crippen LogP contribution is -2.33. The van der Waals surface area contributed by atoms with E-state index < -0.39 is 59.3 Å². The van der Waals surface area contributed by atoms with Gasteiger partial charge in [0.1, 0.15) is 18.1 Å². The highest BCUT2D eigenvalue weighted by Gasteiger charge is 2.42. The normalized spacial score (nSPS) is 14.2. The van der Waals surface area contributed by atoms with Crippen LogP contribution < -0.4 is 0 Å². The van der Waals surface area contributed by atoms with Gasteiger partial charge in [-0.3, -0.25) is 14.4 Å². The van der Waals surface area contributed by atoms with Crippen LogP contribution in [0.4, 0.5) is 26.3 Å². The minimum absolute atomic E-state index is 0.0310. The van der Waals surface area contributed by atoms with Crippen LogP contribution in [0, 0.1) is 5.92 Å². The Kier molecular flexibility index (Phi) is 8.83. The SMILES string of the molecule is CC(=O)O[C@H](c1ccc(C(F)(F)F)cc1)C(C(=O)c1ccccc1)[C@@H](OC(C)=O)c1ccc(C(F)(F)F)cc1. The molecule has 11 heteroatoms. The van der Waals surface area contributed by atoms with Gasteiger partial charge < -0.3 is 9.47 Å². The first-order valence-electron chi connectivity index (χ1n) is 11.5. The average Bonchev–Trinajstić information content (AvgIpc) is 2.87. The van der Waals surface area contributed by atoms with E-state index in [4.69, 9.17) is 9.47 Å². The molecule has 3 aromatic carbocycles. The molecular weight excluding hydrogens is 530 g/mol. The van der Waals surface area contributed by atoms with Crippen molar-refractivity contribution in [3.05, 3.63) is 107 Å². The van der Waals surface area contributed by atoms with Crippen LogP contribution in [0.5, 0.6) is 0 Å². The molecule has 0 saturated carbocycles. The lowest BCUT2D eigenvalue weighted by atomic mass is 9.81. The van der Waals surface area contributed by atoms with Gasteiger partial charge in [-0.05, 0) is 35.4 Å². The van der Waals surface area contributed by atoms with E-state index in [1.165, 1.54) is 24.3 Å². The number of Topliss-reactive ketones (excluding diaryl/α,β-unsaturated/α-hetero) is 1. The molecule has 0 aliphatic rings. The van der Waals surface area contributed by atoms with Gasteiger partial charge in [0.05, 0.1) is 11.1 Å². The summed E-state index contributed by atoms with van der Waals surface area (Å²) in [6.07, 6.45) is -12.5. The molecule has 0 saturated heterocycles. The summed E-state index contributed by atoms with van der Waals surface area (Å²) in [5.74, 6) is -4.12.